The molecule has 4 rings (SSSR count). The highest BCUT2D eigenvalue weighted by Crippen LogP contribution is 2.47. The summed E-state index contributed by atoms with van der Waals surface area (Å²) in [6.45, 7) is 2.31. The average molecular weight is 388 g/mol. The number of fused-ring (bicyclic) bond motifs is 1. The predicted octanol–water partition coefficient (Wildman–Crippen LogP) is 3.15. The Hall–Kier alpha value is -1.86. The van der Waals surface area contributed by atoms with Crippen molar-refractivity contribution in [3.8, 4) is 0 Å². The van der Waals surface area contributed by atoms with Gasteiger partial charge in [-0.05, 0) is 24.8 Å². The van der Waals surface area contributed by atoms with Crippen molar-refractivity contribution < 1.29 is 14.3 Å². The Kier molecular flexibility index (Phi) is 5.23. The monoisotopic (exact) mass is 387 g/mol. The van der Waals surface area contributed by atoms with Gasteiger partial charge in [0.15, 0.2) is 0 Å². The van der Waals surface area contributed by atoms with Crippen LogP contribution in [0.15, 0.2) is 40.0 Å². The Morgan fingerprint density at radius 1 is 1.30 bits per heavy atom. The van der Waals surface area contributed by atoms with Gasteiger partial charge in [0.2, 0.25) is 11.8 Å². The molecule has 1 aromatic heterocycles. The van der Waals surface area contributed by atoms with Crippen LogP contribution in [0.2, 0.25) is 0 Å². The summed E-state index contributed by atoms with van der Waals surface area (Å²) < 4.78 is 5.35. The van der Waals surface area contributed by atoms with E-state index in [1.165, 1.54) is 11.8 Å². The second kappa shape index (κ2) is 7.64. The standard InChI is InChI=1S/C20H25N3O3S/c1-14-21-22-19(26-14)27-13-18(24)23-12-11-20(25,15-7-3-2-4-8-15)16-9-5-6-10-17(16)23/h2-4,7-8,16-17,25H,5-6,9-13H2,1H3/t16-,17+,20+/m0/s1. The van der Waals surface area contributed by atoms with Crippen molar-refractivity contribution in [1.29, 1.82) is 0 Å². The van der Waals surface area contributed by atoms with E-state index in [1.54, 1.807) is 6.92 Å². The summed E-state index contributed by atoms with van der Waals surface area (Å²) in [5, 5.41) is 19.7. The van der Waals surface area contributed by atoms with Crippen LogP contribution >= 0.6 is 11.8 Å². The van der Waals surface area contributed by atoms with Crippen molar-refractivity contribution in [2.75, 3.05) is 12.3 Å². The summed E-state index contributed by atoms with van der Waals surface area (Å²) in [6, 6.07) is 10.0. The van der Waals surface area contributed by atoms with Gasteiger partial charge in [0.05, 0.1) is 11.4 Å². The lowest BCUT2D eigenvalue weighted by Gasteiger charge is -2.52. The molecule has 2 heterocycles. The van der Waals surface area contributed by atoms with Crippen LogP contribution in [0.4, 0.5) is 0 Å². The number of hydrogen-bond acceptors (Lipinski definition) is 6. The number of benzene rings is 1. The van der Waals surface area contributed by atoms with E-state index < -0.39 is 5.60 Å². The summed E-state index contributed by atoms with van der Waals surface area (Å²) in [6.07, 6.45) is 4.69. The molecule has 0 radical (unpaired) electrons. The van der Waals surface area contributed by atoms with E-state index in [4.69, 9.17) is 4.42 Å². The molecule has 144 valence electrons. The Morgan fingerprint density at radius 3 is 2.81 bits per heavy atom. The Balaban J connectivity index is 1.50. The second-order valence-corrected chi connectivity index (χ2v) is 8.39. The third-order valence-electron chi connectivity index (χ3n) is 5.90. The Labute approximate surface area is 163 Å². The molecule has 1 aliphatic carbocycles. The highest BCUT2D eigenvalue weighted by molar-refractivity contribution is 7.99. The molecule has 27 heavy (non-hydrogen) atoms. The number of amides is 1. The molecule has 2 aliphatic rings. The molecule has 1 aliphatic heterocycles. The smallest absolute Gasteiger partial charge is 0.277 e. The van der Waals surface area contributed by atoms with Gasteiger partial charge in [0, 0.05) is 25.4 Å². The van der Waals surface area contributed by atoms with E-state index >= 15 is 0 Å². The van der Waals surface area contributed by atoms with Crippen molar-refractivity contribution in [2.45, 2.75) is 55.9 Å². The van der Waals surface area contributed by atoms with Gasteiger partial charge in [0.25, 0.3) is 5.22 Å². The van der Waals surface area contributed by atoms with E-state index in [9.17, 15) is 9.90 Å². The van der Waals surface area contributed by atoms with Crippen LogP contribution in [-0.4, -0.2) is 44.5 Å². The number of aryl methyl sites for hydroxylation is 1. The van der Waals surface area contributed by atoms with Gasteiger partial charge in [0.1, 0.15) is 0 Å². The molecule has 2 fully saturated rings. The fourth-order valence-electron chi connectivity index (χ4n) is 4.62. The molecule has 3 atom stereocenters. The lowest BCUT2D eigenvalue weighted by Crippen LogP contribution is -2.59. The van der Waals surface area contributed by atoms with Crippen LogP contribution in [0.25, 0.3) is 0 Å². The molecule has 6 nitrogen and oxygen atoms in total. The zero-order valence-corrected chi connectivity index (χ0v) is 16.3. The molecule has 1 saturated carbocycles. The predicted molar refractivity (Wildman–Crippen MR) is 102 cm³/mol. The van der Waals surface area contributed by atoms with Crippen molar-refractivity contribution in [3.63, 3.8) is 0 Å². The number of hydrogen-bond donors (Lipinski definition) is 1. The van der Waals surface area contributed by atoms with Crippen molar-refractivity contribution in [3.05, 3.63) is 41.8 Å². The van der Waals surface area contributed by atoms with Gasteiger partial charge in [-0.25, -0.2) is 0 Å². The number of thioether (sulfide) groups is 1. The summed E-state index contributed by atoms with van der Waals surface area (Å²) in [5.74, 6) is 0.960. The molecule has 1 saturated heterocycles. The molecule has 7 heteroatoms. The molecule has 1 amide bonds. The number of likely N-dealkylation sites (tertiary alicyclic amines) is 1. The van der Waals surface area contributed by atoms with Crippen LogP contribution < -0.4 is 0 Å². The van der Waals surface area contributed by atoms with Crippen LogP contribution in [0.1, 0.15) is 43.6 Å². The average Bonchev–Trinajstić information content (AvgIpc) is 3.12. The molecule has 2 aromatic rings. The number of rotatable bonds is 4. The zero-order valence-electron chi connectivity index (χ0n) is 15.5. The van der Waals surface area contributed by atoms with Crippen LogP contribution in [0, 0.1) is 12.8 Å². The first-order chi connectivity index (χ1) is 13.1. The maximum absolute atomic E-state index is 12.9. The van der Waals surface area contributed by atoms with Gasteiger partial charge < -0.3 is 14.4 Å². The quantitative estimate of drug-likeness (QED) is 0.812. The molecule has 1 aromatic carbocycles. The Morgan fingerprint density at radius 2 is 2.07 bits per heavy atom. The van der Waals surface area contributed by atoms with Gasteiger partial charge in [-0.15, -0.1) is 10.2 Å². The third kappa shape index (κ3) is 3.62. The van der Waals surface area contributed by atoms with E-state index in [0.717, 1.165) is 31.2 Å². The minimum Gasteiger partial charge on any atom is -0.416 e. The van der Waals surface area contributed by atoms with Crippen molar-refractivity contribution >= 4 is 17.7 Å². The first-order valence-electron chi connectivity index (χ1n) is 9.58. The van der Waals surface area contributed by atoms with Crippen LogP contribution in [-0.2, 0) is 10.4 Å². The molecule has 0 bridgehead atoms. The van der Waals surface area contributed by atoms with E-state index in [1.807, 2.05) is 35.2 Å². The lowest BCUT2D eigenvalue weighted by atomic mass is 9.66. The highest BCUT2D eigenvalue weighted by atomic mass is 32.2. The molecular formula is C20H25N3O3S. The van der Waals surface area contributed by atoms with E-state index in [0.29, 0.717) is 24.1 Å². The third-order valence-corrected chi connectivity index (χ3v) is 6.70. The highest BCUT2D eigenvalue weighted by Gasteiger charge is 2.50. The zero-order chi connectivity index (χ0) is 18.9. The van der Waals surface area contributed by atoms with E-state index in [-0.39, 0.29) is 23.6 Å². The lowest BCUT2D eigenvalue weighted by molar-refractivity contribution is -0.152. The summed E-state index contributed by atoms with van der Waals surface area (Å²) >= 11 is 1.28. The normalized spacial score (nSPS) is 28.0. The summed E-state index contributed by atoms with van der Waals surface area (Å²) in [5.41, 5.74) is 0.129. The molecular weight excluding hydrogens is 362 g/mol. The number of nitrogens with zero attached hydrogens (tertiary/aromatic N) is 3. The van der Waals surface area contributed by atoms with Gasteiger partial charge in [-0.3, -0.25) is 4.79 Å². The minimum absolute atomic E-state index is 0.0852. The summed E-state index contributed by atoms with van der Waals surface area (Å²) in [4.78, 5) is 14.9. The van der Waals surface area contributed by atoms with Gasteiger partial charge in [-0.2, -0.15) is 0 Å². The SMILES string of the molecule is Cc1nnc(SCC(=O)N2CC[C@@](O)(c3ccccc3)[C@H]3CCCC[C@H]32)o1. The minimum atomic E-state index is -0.847. The summed E-state index contributed by atoms with van der Waals surface area (Å²) in [7, 11) is 0. The maximum Gasteiger partial charge on any atom is 0.277 e. The molecule has 0 spiro atoms. The number of aliphatic hydroxyl groups is 1. The van der Waals surface area contributed by atoms with Crippen molar-refractivity contribution in [2.24, 2.45) is 5.92 Å². The number of piperidine rings is 1. The maximum atomic E-state index is 12.9. The fourth-order valence-corrected chi connectivity index (χ4v) is 5.31. The largest absolute Gasteiger partial charge is 0.416 e. The van der Waals surface area contributed by atoms with Gasteiger partial charge in [-0.1, -0.05) is 54.9 Å². The van der Waals surface area contributed by atoms with Crippen LogP contribution in [0.3, 0.4) is 0 Å². The molecule has 0 unspecified atom stereocenters. The first-order valence-corrected chi connectivity index (χ1v) is 10.6. The Bertz CT molecular complexity index is 797. The van der Waals surface area contributed by atoms with Gasteiger partial charge >= 0.3 is 0 Å². The number of aromatic nitrogens is 2. The second-order valence-electron chi connectivity index (χ2n) is 7.46. The number of carbonyl (C=O) groups is 1. The molecule has 1 N–H and O–H groups in total. The fraction of sp³-hybridized carbons (Fsp3) is 0.550. The first kappa shape index (κ1) is 18.5. The number of carbonyl (C=O) groups excluding carboxylic acids is 1. The van der Waals surface area contributed by atoms with Crippen LogP contribution in [0.5, 0.6) is 0 Å². The van der Waals surface area contributed by atoms with E-state index in [2.05, 4.69) is 10.2 Å². The van der Waals surface area contributed by atoms with Crippen molar-refractivity contribution in [1.82, 2.24) is 15.1 Å². The topological polar surface area (TPSA) is 79.5 Å².